The Labute approximate surface area is 152 Å². The topological polar surface area (TPSA) is 46.5 Å². The quantitative estimate of drug-likeness (QED) is 0.900. The monoisotopic (exact) mass is 349 g/mol. The highest BCUT2D eigenvalue weighted by molar-refractivity contribution is 5.68. The molecular weight excluding hydrogens is 314 g/mol. The van der Waals surface area contributed by atoms with Crippen molar-refractivity contribution in [1.82, 2.24) is 14.8 Å². The maximum atomic E-state index is 12.2. The van der Waals surface area contributed by atoms with E-state index in [0.29, 0.717) is 0 Å². The number of hydrogen-bond donors (Lipinski definition) is 1. The zero-order valence-corrected chi connectivity index (χ0v) is 17.0. The van der Waals surface area contributed by atoms with Crippen LogP contribution in [-0.2, 0) is 18.3 Å². The number of amides is 1. The molecule has 2 rings (SSSR count). The summed E-state index contributed by atoms with van der Waals surface area (Å²) >= 11 is 0. The molecule has 0 bridgehead atoms. The van der Waals surface area contributed by atoms with Crippen LogP contribution in [0.3, 0.4) is 0 Å². The third-order valence-electron chi connectivity index (χ3n) is 5.37. The van der Waals surface area contributed by atoms with Gasteiger partial charge in [-0.15, -0.1) is 0 Å². The molecule has 0 aromatic carbocycles. The van der Waals surface area contributed by atoms with E-state index < -0.39 is 5.60 Å². The summed E-state index contributed by atoms with van der Waals surface area (Å²) < 4.78 is 7.71. The SMILES string of the molecule is Cc1cc(CNCC2(C)CCN(C(=O)OC(C)(C)C)CC2)c(C)n1C. The molecule has 0 atom stereocenters. The largest absolute Gasteiger partial charge is 0.444 e. The van der Waals surface area contributed by atoms with Crippen LogP contribution in [0.5, 0.6) is 0 Å². The Morgan fingerprint density at radius 2 is 1.88 bits per heavy atom. The minimum atomic E-state index is -0.426. The number of nitrogens with zero attached hydrogens (tertiary/aromatic N) is 2. The number of nitrogens with one attached hydrogen (secondary N) is 1. The molecule has 0 saturated carbocycles. The Hall–Kier alpha value is -1.49. The van der Waals surface area contributed by atoms with Gasteiger partial charge in [-0.3, -0.25) is 0 Å². The van der Waals surface area contributed by atoms with Gasteiger partial charge in [-0.05, 0) is 64.5 Å². The van der Waals surface area contributed by atoms with Gasteiger partial charge in [-0.25, -0.2) is 4.79 Å². The van der Waals surface area contributed by atoms with Gasteiger partial charge in [-0.2, -0.15) is 0 Å². The average Bonchev–Trinajstić information content (AvgIpc) is 2.73. The van der Waals surface area contributed by atoms with Crippen molar-refractivity contribution < 1.29 is 9.53 Å². The van der Waals surface area contributed by atoms with E-state index in [4.69, 9.17) is 4.74 Å². The molecule has 0 aliphatic carbocycles. The van der Waals surface area contributed by atoms with Crippen molar-refractivity contribution in [2.24, 2.45) is 12.5 Å². The number of aromatic nitrogens is 1. The van der Waals surface area contributed by atoms with E-state index in [2.05, 4.69) is 43.8 Å². The molecule has 1 aromatic rings. The molecule has 1 saturated heterocycles. The van der Waals surface area contributed by atoms with Gasteiger partial charge >= 0.3 is 6.09 Å². The Morgan fingerprint density at radius 1 is 1.28 bits per heavy atom. The molecule has 1 N–H and O–H groups in total. The fraction of sp³-hybridized carbons (Fsp3) is 0.750. The third kappa shape index (κ3) is 5.24. The van der Waals surface area contributed by atoms with Crippen molar-refractivity contribution in [3.63, 3.8) is 0 Å². The molecule has 1 amide bonds. The zero-order chi connectivity index (χ0) is 18.8. The van der Waals surface area contributed by atoms with Gasteiger partial charge in [0.1, 0.15) is 5.60 Å². The number of piperidine rings is 1. The van der Waals surface area contributed by atoms with Crippen molar-refractivity contribution >= 4 is 6.09 Å². The molecule has 25 heavy (non-hydrogen) atoms. The van der Waals surface area contributed by atoms with Crippen molar-refractivity contribution in [1.29, 1.82) is 0 Å². The van der Waals surface area contributed by atoms with E-state index in [1.807, 2.05) is 25.7 Å². The Bertz CT molecular complexity index is 605. The summed E-state index contributed by atoms with van der Waals surface area (Å²) in [6.07, 6.45) is 1.83. The molecule has 0 unspecified atom stereocenters. The maximum Gasteiger partial charge on any atom is 0.410 e. The number of hydrogen-bond acceptors (Lipinski definition) is 3. The van der Waals surface area contributed by atoms with Crippen LogP contribution in [0.4, 0.5) is 4.79 Å². The fourth-order valence-electron chi connectivity index (χ4n) is 3.34. The predicted molar refractivity (Wildman–Crippen MR) is 102 cm³/mol. The molecule has 5 nitrogen and oxygen atoms in total. The van der Waals surface area contributed by atoms with Crippen LogP contribution in [-0.4, -0.2) is 40.8 Å². The van der Waals surface area contributed by atoms with Gasteiger partial charge in [0.25, 0.3) is 0 Å². The number of carbonyl (C=O) groups excluding carboxylic acids is 1. The number of aryl methyl sites for hydroxylation is 1. The third-order valence-corrected chi connectivity index (χ3v) is 5.37. The lowest BCUT2D eigenvalue weighted by molar-refractivity contribution is 0.0119. The van der Waals surface area contributed by atoms with Gasteiger partial charge in [-0.1, -0.05) is 6.92 Å². The van der Waals surface area contributed by atoms with Crippen LogP contribution in [0.2, 0.25) is 0 Å². The van der Waals surface area contributed by atoms with Crippen molar-refractivity contribution in [3.05, 3.63) is 23.0 Å². The minimum Gasteiger partial charge on any atom is -0.444 e. The van der Waals surface area contributed by atoms with Crippen LogP contribution < -0.4 is 5.32 Å². The van der Waals surface area contributed by atoms with Crippen LogP contribution in [0.25, 0.3) is 0 Å². The zero-order valence-electron chi connectivity index (χ0n) is 17.0. The normalized spacial score (nSPS) is 17.6. The lowest BCUT2D eigenvalue weighted by atomic mass is 9.80. The summed E-state index contributed by atoms with van der Waals surface area (Å²) in [6, 6.07) is 2.26. The number of likely N-dealkylation sites (tertiary alicyclic amines) is 1. The number of rotatable bonds is 4. The van der Waals surface area contributed by atoms with E-state index in [1.165, 1.54) is 17.0 Å². The lowest BCUT2D eigenvalue weighted by Crippen LogP contribution is -2.47. The number of ether oxygens (including phenoxy) is 1. The summed E-state index contributed by atoms with van der Waals surface area (Å²) in [5.41, 5.74) is 3.80. The van der Waals surface area contributed by atoms with Crippen molar-refractivity contribution in [2.75, 3.05) is 19.6 Å². The highest BCUT2D eigenvalue weighted by atomic mass is 16.6. The summed E-state index contributed by atoms with van der Waals surface area (Å²) in [5.74, 6) is 0. The second kappa shape index (κ2) is 7.40. The fourth-order valence-corrected chi connectivity index (χ4v) is 3.34. The average molecular weight is 350 g/mol. The van der Waals surface area contributed by atoms with E-state index in [-0.39, 0.29) is 11.5 Å². The maximum absolute atomic E-state index is 12.2. The van der Waals surface area contributed by atoms with Gasteiger partial charge in [0.2, 0.25) is 0 Å². The van der Waals surface area contributed by atoms with E-state index in [1.54, 1.807) is 0 Å². The molecule has 1 aliphatic rings. The van der Waals surface area contributed by atoms with E-state index >= 15 is 0 Å². The standard InChI is InChI=1S/C20H35N3O2/c1-15-12-17(16(2)22(15)7)13-21-14-20(6)8-10-23(11-9-20)18(24)25-19(3,4)5/h12,21H,8-11,13-14H2,1-7H3. The molecule has 1 aliphatic heterocycles. The summed E-state index contributed by atoms with van der Waals surface area (Å²) in [7, 11) is 2.11. The molecule has 2 heterocycles. The van der Waals surface area contributed by atoms with Gasteiger partial charge in [0.05, 0.1) is 0 Å². The van der Waals surface area contributed by atoms with Gasteiger partial charge in [0, 0.05) is 44.6 Å². The first-order valence-corrected chi connectivity index (χ1v) is 9.31. The summed E-state index contributed by atoms with van der Waals surface area (Å²) in [5, 5.41) is 3.63. The van der Waals surface area contributed by atoms with Gasteiger partial charge < -0.3 is 19.5 Å². The minimum absolute atomic E-state index is 0.183. The molecule has 0 radical (unpaired) electrons. The summed E-state index contributed by atoms with van der Waals surface area (Å²) in [4.78, 5) is 14.0. The second-order valence-corrected chi connectivity index (χ2v) is 8.84. The molecule has 5 heteroatoms. The smallest absolute Gasteiger partial charge is 0.410 e. The molecule has 142 valence electrons. The lowest BCUT2D eigenvalue weighted by Gasteiger charge is -2.40. The van der Waals surface area contributed by atoms with E-state index in [0.717, 1.165) is 39.0 Å². The highest BCUT2D eigenvalue weighted by Crippen LogP contribution is 2.31. The van der Waals surface area contributed by atoms with Gasteiger partial charge in [0.15, 0.2) is 0 Å². The Morgan fingerprint density at radius 3 is 2.36 bits per heavy atom. The van der Waals surface area contributed by atoms with Crippen molar-refractivity contribution in [2.45, 2.75) is 66.5 Å². The first kappa shape index (κ1) is 19.8. The van der Waals surface area contributed by atoms with Crippen LogP contribution in [0.15, 0.2) is 6.07 Å². The van der Waals surface area contributed by atoms with Crippen molar-refractivity contribution in [3.8, 4) is 0 Å². The number of carbonyl (C=O) groups is 1. The first-order chi connectivity index (χ1) is 11.5. The molecular formula is C20H35N3O2. The first-order valence-electron chi connectivity index (χ1n) is 9.31. The predicted octanol–water partition coefficient (Wildman–Crippen LogP) is 3.77. The molecule has 0 spiro atoms. The summed E-state index contributed by atoms with van der Waals surface area (Å²) in [6.45, 7) is 15.8. The highest BCUT2D eigenvalue weighted by Gasteiger charge is 2.33. The Kier molecular flexibility index (Phi) is 5.87. The van der Waals surface area contributed by atoms with Crippen LogP contribution >= 0.6 is 0 Å². The second-order valence-electron chi connectivity index (χ2n) is 8.84. The van der Waals surface area contributed by atoms with Crippen LogP contribution in [0.1, 0.15) is 57.5 Å². The van der Waals surface area contributed by atoms with E-state index in [9.17, 15) is 4.79 Å². The van der Waals surface area contributed by atoms with Crippen LogP contribution in [0, 0.1) is 19.3 Å². The Balaban J connectivity index is 1.80. The molecule has 1 fully saturated rings. The molecule has 1 aromatic heterocycles.